The standard InChI is InChI=1S/C22H30N2O5/c1-24-11-9-21-18-13-5-6-15(25)19(18)29-20(21)14(23-10-3-4-17(26)27)7-8-22(21,28-2)16(24)12-13/h5-6,14,16,20,23,25H,3-4,7-12H2,1-2H3,(H,26,27)/t14-,16?,20-,21?,22+/m0/s1. The summed E-state index contributed by atoms with van der Waals surface area (Å²) in [5.41, 5.74) is 1.79. The van der Waals surface area contributed by atoms with Crippen molar-refractivity contribution in [1.82, 2.24) is 10.2 Å². The zero-order valence-electron chi connectivity index (χ0n) is 17.1. The number of hydrogen-bond acceptors (Lipinski definition) is 6. The number of hydrogen-bond donors (Lipinski definition) is 3. The Morgan fingerprint density at radius 2 is 2.24 bits per heavy atom. The van der Waals surface area contributed by atoms with Crippen LogP contribution in [0.25, 0.3) is 0 Å². The number of likely N-dealkylation sites (N-methyl/N-ethyl adjacent to an activating group) is 1. The SMILES string of the molecule is CO[C@@]12CC[C@H](NCCCC(=O)O)[C@@H]3Oc4c(O)ccc5c4C31CCN(C)C2C5. The normalized spacial score (nSPS) is 37.1. The van der Waals surface area contributed by atoms with Gasteiger partial charge < -0.3 is 29.9 Å². The molecule has 2 bridgehead atoms. The zero-order valence-corrected chi connectivity index (χ0v) is 17.1. The Kier molecular flexibility index (Phi) is 4.35. The number of carboxylic acid groups (broad SMARTS) is 1. The van der Waals surface area contributed by atoms with E-state index in [0.717, 1.165) is 37.8 Å². The lowest BCUT2D eigenvalue weighted by atomic mass is 9.48. The first-order valence-electron chi connectivity index (χ1n) is 10.7. The molecule has 7 nitrogen and oxygen atoms in total. The van der Waals surface area contributed by atoms with Crippen LogP contribution in [0.15, 0.2) is 12.1 Å². The molecule has 2 aliphatic heterocycles. The van der Waals surface area contributed by atoms with Crippen LogP contribution in [0.4, 0.5) is 0 Å². The van der Waals surface area contributed by atoms with Crippen LogP contribution in [-0.2, 0) is 21.4 Å². The second-order valence-corrected chi connectivity index (χ2v) is 9.10. The van der Waals surface area contributed by atoms with E-state index in [4.69, 9.17) is 14.6 Å². The van der Waals surface area contributed by atoms with E-state index in [0.29, 0.717) is 18.7 Å². The molecule has 3 N–H and O–H groups in total. The topological polar surface area (TPSA) is 91.3 Å². The Hall–Kier alpha value is -1.83. The number of methoxy groups -OCH3 is 1. The second-order valence-electron chi connectivity index (χ2n) is 9.10. The third kappa shape index (κ3) is 2.38. The summed E-state index contributed by atoms with van der Waals surface area (Å²) in [6, 6.07) is 4.20. The maximum absolute atomic E-state index is 10.9. The molecule has 0 radical (unpaired) electrons. The average Bonchev–Trinajstić information content (AvgIpc) is 3.06. The molecule has 158 valence electrons. The Labute approximate surface area is 171 Å². The molecule has 1 aromatic carbocycles. The van der Waals surface area contributed by atoms with E-state index in [-0.39, 0.29) is 41.4 Å². The summed E-state index contributed by atoms with van der Waals surface area (Å²) >= 11 is 0. The Balaban J connectivity index is 1.57. The van der Waals surface area contributed by atoms with E-state index in [2.05, 4.69) is 23.3 Å². The van der Waals surface area contributed by atoms with Gasteiger partial charge in [-0.15, -0.1) is 0 Å². The molecule has 1 saturated heterocycles. The predicted molar refractivity (Wildman–Crippen MR) is 107 cm³/mol. The molecule has 1 aromatic rings. The zero-order chi connectivity index (χ0) is 20.4. The summed E-state index contributed by atoms with van der Waals surface area (Å²) in [7, 11) is 4.02. The number of likely N-dealkylation sites (tertiary alicyclic amines) is 1. The van der Waals surface area contributed by atoms with Gasteiger partial charge in [0, 0.05) is 31.2 Å². The smallest absolute Gasteiger partial charge is 0.303 e. The van der Waals surface area contributed by atoms with E-state index in [1.807, 2.05) is 7.11 Å². The van der Waals surface area contributed by atoms with Crippen molar-refractivity contribution < 1.29 is 24.5 Å². The maximum Gasteiger partial charge on any atom is 0.303 e. The lowest BCUT2D eigenvalue weighted by Gasteiger charge is -2.65. The molecule has 0 amide bonds. The fraction of sp³-hybridized carbons (Fsp3) is 0.682. The minimum atomic E-state index is -0.767. The molecule has 4 aliphatic rings. The van der Waals surface area contributed by atoms with Crippen LogP contribution in [-0.4, -0.2) is 72.1 Å². The van der Waals surface area contributed by atoms with Crippen molar-refractivity contribution in [3.05, 3.63) is 23.3 Å². The van der Waals surface area contributed by atoms with Crippen molar-refractivity contribution in [2.24, 2.45) is 0 Å². The minimum Gasteiger partial charge on any atom is -0.504 e. The highest BCUT2D eigenvalue weighted by atomic mass is 16.5. The van der Waals surface area contributed by atoms with Crippen molar-refractivity contribution >= 4 is 5.97 Å². The second kappa shape index (κ2) is 6.59. The van der Waals surface area contributed by atoms with Crippen molar-refractivity contribution in [2.45, 2.75) is 67.7 Å². The van der Waals surface area contributed by atoms with Crippen LogP contribution < -0.4 is 10.1 Å². The van der Waals surface area contributed by atoms with Gasteiger partial charge in [-0.3, -0.25) is 4.79 Å². The molecular formula is C22H30N2O5. The molecule has 2 fully saturated rings. The summed E-state index contributed by atoms with van der Waals surface area (Å²) in [6.07, 6.45) is 4.29. The number of carboxylic acids is 1. The molecular weight excluding hydrogens is 372 g/mol. The van der Waals surface area contributed by atoms with Gasteiger partial charge >= 0.3 is 5.97 Å². The number of benzene rings is 1. The van der Waals surface area contributed by atoms with Gasteiger partial charge in [-0.05, 0) is 63.9 Å². The van der Waals surface area contributed by atoms with E-state index in [1.165, 1.54) is 5.56 Å². The van der Waals surface area contributed by atoms with Gasteiger partial charge in [-0.1, -0.05) is 6.07 Å². The number of carbonyl (C=O) groups is 1. The van der Waals surface area contributed by atoms with Gasteiger partial charge in [0.2, 0.25) is 0 Å². The average molecular weight is 402 g/mol. The number of aliphatic carboxylic acids is 1. The van der Waals surface area contributed by atoms with Crippen LogP contribution in [0.3, 0.4) is 0 Å². The molecule has 5 rings (SSSR count). The molecule has 2 unspecified atom stereocenters. The molecule has 29 heavy (non-hydrogen) atoms. The van der Waals surface area contributed by atoms with Gasteiger partial charge in [-0.25, -0.2) is 0 Å². The molecule has 0 aromatic heterocycles. The summed E-state index contributed by atoms with van der Waals surface area (Å²) in [4.78, 5) is 13.3. The third-order valence-electron chi connectivity index (χ3n) is 8.03. The van der Waals surface area contributed by atoms with E-state index in [1.54, 1.807) is 6.07 Å². The van der Waals surface area contributed by atoms with E-state index >= 15 is 0 Å². The number of aromatic hydroxyl groups is 1. The summed E-state index contributed by atoms with van der Waals surface area (Å²) < 4.78 is 12.9. The van der Waals surface area contributed by atoms with Crippen LogP contribution in [0.1, 0.15) is 43.2 Å². The number of ether oxygens (including phenoxy) is 2. The Morgan fingerprint density at radius 3 is 3.00 bits per heavy atom. The quantitative estimate of drug-likeness (QED) is 0.623. The molecule has 5 atom stereocenters. The Bertz CT molecular complexity index is 845. The predicted octanol–water partition coefficient (Wildman–Crippen LogP) is 1.65. The first-order chi connectivity index (χ1) is 13.9. The van der Waals surface area contributed by atoms with Crippen LogP contribution in [0, 0.1) is 0 Å². The van der Waals surface area contributed by atoms with Crippen molar-refractivity contribution in [1.29, 1.82) is 0 Å². The Morgan fingerprint density at radius 1 is 1.41 bits per heavy atom. The molecule has 2 aliphatic carbocycles. The number of rotatable bonds is 6. The van der Waals surface area contributed by atoms with Gasteiger partial charge in [-0.2, -0.15) is 0 Å². The van der Waals surface area contributed by atoms with Crippen LogP contribution in [0.5, 0.6) is 11.5 Å². The van der Waals surface area contributed by atoms with Gasteiger partial charge in [0.15, 0.2) is 11.5 Å². The molecule has 2 heterocycles. The lowest BCUT2D eigenvalue weighted by Crippen LogP contribution is -2.78. The third-order valence-corrected chi connectivity index (χ3v) is 8.03. The highest BCUT2D eigenvalue weighted by molar-refractivity contribution is 5.66. The van der Waals surface area contributed by atoms with Gasteiger partial charge in [0.05, 0.1) is 11.0 Å². The number of piperidine rings is 1. The fourth-order valence-corrected chi connectivity index (χ4v) is 6.88. The van der Waals surface area contributed by atoms with Crippen molar-refractivity contribution in [3.8, 4) is 11.5 Å². The number of phenolic OH excluding ortho intramolecular Hbond substituents is 1. The number of phenols is 1. The van der Waals surface area contributed by atoms with Crippen LogP contribution in [0.2, 0.25) is 0 Å². The van der Waals surface area contributed by atoms with Gasteiger partial charge in [0.1, 0.15) is 6.10 Å². The van der Waals surface area contributed by atoms with E-state index in [9.17, 15) is 9.90 Å². The lowest BCUT2D eigenvalue weighted by molar-refractivity contribution is -0.203. The van der Waals surface area contributed by atoms with Crippen LogP contribution >= 0.6 is 0 Å². The monoisotopic (exact) mass is 402 g/mol. The number of nitrogens with zero attached hydrogens (tertiary/aromatic N) is 1. The highest BCUT2D eigenvalue weighted by Gasteiger charge is 2.73. The highest BCUT2D eigenvalue weighted by Crippen LogP contribution is 2.66. The van der Waals surface area contributed by atoms with Crippen molar-refractivity contribution in [2.75, 3.05) is 27.2 Å². The minimum absolute atomic E-state index is 0.105. The summed E-state index contributed by atoms with van der Waals surface area (Å²) in [5.74, 6) is 0.0765. The molecule has 1 saturated carbocycles. The summed E-state index contributed by atoms with van der Waals surface area (Å²) in [6.45, 7) is 1.61. The number of nitrogens with one attached hydrogen (secondary N) is 1. The molecule has 1 spiro atoms. The largest absolute Gasteiger partial charge is 0.504 e. The fourth-order valence-electron chi connectivity index (χ4n) is 6.88. The van der Waals surface area contributed by atoms with Gasteiger partial charge in [0.25, 0.3) is 0 Å². The van der Waals surface area contributed by atoms with Crippen molar-refractivity contribution in [3.63, 3.8) is 0 Å². The summed E-state index contributed by atoms with van der Waals surface area (Å²) in [5, 5.41) is 23.1. The molecule has 7 heteroatoms. The first kappa shape index (κ1) is 19.2. The van der Waals surface area contributed by atoms with E-state index < -0.39 is 5.97 Å². The first-order valence-corrected chi connectivity index (χ1v) is 10.7. The maximum atomic E-state index is 10.9.